The molecule has 1 fully saturated rings. The van der Waals surface area contributed by atoms with Gasteiger partial charge in [0.25, 0.3) is 11.5 Å². The Morgan fingerprint density at radius 2 is 1.69 bits per heavy atom. The molecule has 1 aliphatic heterocycles. The Hall–Kier alpha value is -2.83. The highest BCUT2D eigenvalue weighted by molar-refractivity contribution is 5.93. The van der Waals surface area contributed by atoms with Crippen LogP contribution in [0.3, 0.4) is 0 Å². The molecular weight excluding hydrogens is 332 g/mol. The molecule has 0 unspecified atom stereocenters. The Balaban J connectivity index is 1.75. The van der Waals surface area contributed by atoms with Crippen LogP contribution in [0.4, 0.5) is 5.69 Å². The van der Waals surface area contributed by atoms with Crippen LogP contribution in [0, 0.1) is 0 Å². The zero-order valence-electron chi connectivity index (χ0n) is 15.3. The molecule has 2 aromatic rings. The van der Waals surface area contributed by atoms with Crippen LogP contribution >= 0.6 is 0 Å². The molecule has 1 aliphatic rings. The van der Waals surface area contributed by atoms with Crippen molar-refractivity contribution in [1.29, 1.82) is 0 Å². The predicted octanol–water partition coefficient (Wildman–Crippen LogP) is 1.32. The summed E-state index contributed by atoms with van der Waals surface area (Å²) in [6, 6.07) is 8.34. The van der Waals surface area contributed by atoms with Crippen LogP contribution < -0.4 is 16.1 Å². The molecule has 1 saturated heterocycles. The summed E-state index contributed by atoms with van der Waals surface area (Å²) < 4.78 is 0. The van der Waals surface area contributed by atoms with Gasteiger partial charge in [-0.2, -0.15) is 0 Å². The van der Waals surface area contributed by atoms with Gasteiger partial charge in [-0.25, -0.2) is 4.79 Å². The number of rotatable bonds is 2. The number of amides is 1. The van der Waals surface area contributed by atoms with E-state index >= 15 is 0 Å². The highest BCUT2D eigenvalue weighted by Gasteiger charge is 2.27. The fourth-order valence-corrected chi connectivity index (χ4v) is 3.27. The first-order chi connectivity index (χ1) is 12.3. The molecule has 1 amide bonds. The van der Waals surface area contributed by atoms with E-state index in [4.69, 9.17) is 0 Å². The van der Waals surface area contributed by atoms with Gasteiger partial charge in [0, 0.05) is 38.1 Å². The fraction of sp³-hybridized carbons (Fsp3) is 0.421. The third-order valence-corrected chi connectivity index (χ3v) is 4.67. The first-order valence-corrected chi connectivity index (χ1v) is 8.73. The third-order valence-electron chi connectivity index (χ3n) is 4.67. The molecule has 1 aromatic carbocycles. The summed E-state index contributed by atoms with van der Waals surface area (Å²) in [7, 11) is 0. The second kappa shape index (κ2) is 6.82. The van der Waals surface area contributed by atoms with Gasteiger partial charge in [-0.3, -0.25) is 14.6 Å². The van der Waals surface area contributed by atoms with Crippen molar-refractivity contribution in [2.45, 2.75) is 26.2 Å². The van der Waals surface area contributed by atoms with Gasteiger partial charge in [-0.05, 0) is 17.0 Å². The van der Waals surface area contributed by atoms with Crippen molar-refractivity contribution in [3.63, 3.8) is 0 Å². The van der Waals surface area contributed by atoms with Gasteiger partial charge < -0.3 is 14.8 Å². The number of nitrogens with zero attached hydrogens (tertiary/aromatic N) is 2. The second-order valence-electron chi connectivity index (χ2n) is 7.53. The van der Waals surface area contributed by atoms with Crippen LogP contribution in [0.5, 0.6) is 0 Å². The number of carbonyl (C=O) groups excluding carboxylic acids is 1. The average Bonchev–Trinajstić information content (AvgIpc) is 2.61. The summed E-state index contributed by atoms with van der Waals surface area (Å²) in [4.78, 5) is 43.9. The largest absolute Gasteiger partial charge is 0.368 e. The monoisotopic (exact) mass is 356 g/mol. The van der Waals surface area contributed by atoms with Crippen LogP contribution in [0.25, 0.3) is 0 Å². The molecule has 26 heavy (non-hydrogen) atoms. The molecule has 0 spiro atoms. The third kappa shape index (κ3) is 3.56. The SMILES string of the molecule is CC(C)(C)c1ccccc1N1CCN(C(=O)c2c[nH]c(=O)[nH]c2=O)CC1. The lowest BCUT2D eigenvalue weighted by Crippen LogP contribution is -2.50. The van der Waals surface area contributed by atoms with Gasteiger partial charge in [0.2, 0.25) is 0 Å². The normalized spacial score (nSPS) is 15.2. The summed E-state index contributed by atoms with van der Waals surface area (Å²) in [5, 5.41) is 0. The Labute approximate surface area is 151 Å². The quantitative estimate of drug-likeness (QED) is 0.849. The van der Waals surface area contributed by atoms with Crippen LogP contribution in [0.15, 0.2) is 40.1 Å². The van der Waals surface area contributed by atoms with E-state index in [2.05, 4.69) is 47.8 Å². The first kappa shape index (κ1) is 18.0. The molecule has 1 aromatic heterocycles. The lowest BCUT2D eigenvalue weighted by molar-refractivity contribution is 0.0744. The van der Waals surface area contributed by atoms with Gasteiger partial charge in [-0.15, -0.1) is 0 Å². The number of hydrogen-bond donors (Lipinski definition) is 2. The molecular formula is C19H24N4O3. The number of H-pyrrole nitrogens is 2. The van der Waals surface area contributed by atoms with Crippen molar-refractivity contribution < 1.29 is 4.79 Å². The van der Waals surface area contributed by atoms with E-state index < -0.39 is 11.2 Å². The van der Waals surface area contributed by atoms with Gasteiger partial charge in [-0.1, -0.05) is 39.0 Å². The molecule has 3 rings (SSSR count). The number of benzene rings is 1. The Kier molecular flexibility index (Phi) is 4.71. The van der Waals surface area contributed by atoms with Crippen molar-refractivity contribution in [2.24, 2.45) is 0 Å². The van der Waals surface area contributed by atoms with E-state index in [0.29, 0.717) is 26.2 Å². The number of hydrogen-bond acceptors (Lipinski definition) is 4. The Morgan fingerprint density at radius 1 is 1.04 bits per heavy atom. The summed E-state index contributed by atoms with van der Waals surface area (Å²) in [6.45, 7) is 9.00. The zero-order valence-corrected chi connectivity index (χ0v) is 15.3. The van der Waals surface area contributed by atoms with Crippen LogP contribution in [0.1, 0.15) is 36.7 Å². The van der Waals surface area contributed by atoms with Crippen molar-refractivity contribution in [2.75, 3.05) is 31.1 Å². The lowest BCUT2D eigenvalue weighted by atomic mass is 9.85. The Bertz CT molecular complexity index is 915. The minimum absolute atomic E-state index is 0.0341. The smallest absolute Gasteiger partial charge is 0.325 e. The van der Waals surface area contributed by atoms with E-state index in [1.807, 2.05) is 12.1 Å². The molecule has 0 radical (unpaired) electrons. The number of aromatic amines is 2. The summed E-state index contributed by atoms with van der Waals surface area (Å²) in [5.74, 6) is -0.355. The van der Waals surface area contributed by atoms with Gasteiger partial charge in [0.15, 0.2) is 0 Å². The molecule has 0 bridgehead atoms. The maximum atomic E-state index is 12.6. The first-order valence-electron chi connectivity index (χ1n) is 8.73. The molecule has 0 saturated carbocycles. The summed E-state index contributed by atoms with van der Waals surface area (Å²) >= 11 is 0. The zero-order chi connectivity index (χ0) is 18.9. The van der Waals surface area contributed by atoms with Gasteiger partial charge in [0.1, 0.15) is 5.56 Å². The second-order valence-corrected chi connectivity index (χ2v) is 7.53. The number of piperazine rings is 1. The fourth-order valence-electron chi connectivity index (χ4n) is 3.27. The molecule has 0 atom stereocenters. The van der Waals surface area contributed by atoms with E-state index in [9.17, 15) is 14.4 Å². The predicted molar refractivity (Wildman–Crippen MR) is 101 cm³/mol. The van der Waals surface area contributed by atoms with Crippen molar-refractivity contribution in [1.82, 2.24) is 14.9 Å². The lowest BCUT2D eigenvalue weighted by Gasteiger charge is -2.38. The van der Waals surface area contributed by atoms with E-state index in [0.717, 1.165) is 0 Å². The summed E-state index contributed by atoms with van der Waals surface area (Å²) in [6.07, 6.45) is 1.19. The van der Waals surface area contributed by atoms with Crippen LogP contribution in [-0.4, -0.2) is 47.0 Å². The molecule has 7 nitrogen and oxygen atoms in total. The molecule has 138 valence electrons. The minimum atomic E-state index is -0.653. The standard InChI is InChI=1S/C19H24N4O3/c1-19(2,3)14-6-4-5-7-15(14)22-8-10-23(11-9-22)17(25)13-12-20-18(26)21-16(13)24/h4-7,12H,8-11H2,1-3H3,(H2,20,21,24,26). The highest BCUT2D eigenvalue weighted by Crippen LogP contribution is 2.32. The van der Waals surface area contributed by atoms with Gasteiger partial charge >= 0.3 is 5.69 Å². The Morgan fingerprint density at radius 3 is 2.31 bits per heavy atom. The maximum Gasteiger partial charge on any atom is 0.325 e. The average molecular weight is 356 g/mol. The maximum absolute atomic E-state index is 12.6. The summed E-state index contributed by atoms with van der Waals surface area (Å²) in [5.41, 5.74) is 1.20. The number of anilines is 1. The molecule has 7 heteroatoms. The number of para-hydroxylation sites is 1. The van der Waals surface area contributed by atoms with Gasteiger partial charge in [0.05, 0.1) is 0 Å². The van der Waals surface area contributed by atoms with E-state index in [-0.39, 0.29) is 16.9 Å². The van der Waals surface area contributed by atoms with Crippen molar-refractivity contribution >= 4 is 11.6 Å². The van der Waals surface area contributed by atoms with Crippen LogP contribution in [0.2, 0.25) is 0 Å². The minimum Gasteiger partial charge on any atom is -0.368 e. The van der Waals surface area contributed by atoms with Crippen molar-refractivity contribution in [3.8, 4) is 0 Å². The van der Waals surface area contributed by atoms with E-state index in [1.165, 1.54) is 17.4 Å². The molecule has 2 heterocycles. The van der Waals surface area contributed by atoms with E-state index in [1.54, 1.807) is 4.90 Å². The number of carbonyl (C=O) groups is 1. The highest BCUT2D eigenvalue weighted by atomic mass is 16.2. The van der Waals surface area contributed by atoms with Crippen LogP contribution in [-0.2, 0) is 5.41 Å². The number of aromatic nitrogens is 2. The molecule has 0 aliphatic carbocycles. The number of nitrogens with one attached hydrogen (secondary N) is 2. The molecule has 2 N–H and O–H groups in total. The topological polar surface area (TPSA) is 89.3 Å². The van der Waals surface area contributed by atoms with Crippen molar-refractivity contribution in [3.05, 3.63) is 62.4 Å².